The van der Waals surface area contributed by atoms with Crippen LogP contribution in [0.1, 0.15) is 16.8 Å². The highest BCUT2D eigenvalue weighted by molar-refractivity contribution is 7.71. The third-order valence-electron chi connectivity index (χ3n) is 3.62. The molecule has 8 heteroatoms. The first-order valence-corrected chi connectivity index (χ1v) is 8.08. The summed E-state index contributed by atoms with van der Waals surface area (Å²) in [5, 5.41) is 15.7. The van der Waals surface area contributed by atoms with Crippen LogP contribution in [-0.4, -0.2) is 44.1 Å². The van der Waals surface area contributed by atoms with Gasteiger partial charge in [0.25, 0.3) is 0 Å². The lowest BCUT2D eigenvalue weighted by atomic mass is 10.2. The van der Waals surface area contributed by atoms with Gasteiger partial charge >= 0.3 is 0 Å². The summed E-state index contributed by atoms with van der Waals surface area (Å²) in [6, 6.07) is 4.15. The highest BCUT2D eigenvalue weighted by Crippen LogP contribution is 2.26. The van der Waals surface area contributed by atoms with E-state index < -0.39 is 0 Å². The van der Waals surface area contributed by atoms with E-state index in [1.165, 1.54) is 4.88 Å². The first kappa shape index (κ1) is 14.9. The zero-order valence-corrected chi connectivity index (χ0v) is 13.4. The van der Waals surface area contributed by atoms with Crippen LogP contribution in [0.4, 0.5) is 0 Å². The maximum absolute atomic E-state index is 9.25. The first-order valence-electron chi connectivity index (χ1n) is 6.80. The van der Waals surface area contributed by atoms with Gasteiger partial charge in [-0.25, -0.2) is 4.68 Å². The molecule has 1 unspecified atom stereocenters. The van der Waals surface area contributed by atoms with Crippen molar-refractivity contribution < 1.29 is 9.84 Å². The predicted molar refractivity (Wildman–Crippen MR) is 82.5 cm³/mol. The van der Waals surface area contributed by atoms with Gasteiger partial charge in [0.2, 0.25) is 0 Å². The van der Waals surface area contributed by atoms with E-state index in [1.807, 2.05) is 13.1 Å². The van der Waals surface area contributed by atoms with E-state index in [0.29, 0.717) is 23.9 Å². The molecule has 1 N–H and O–H groups in total. The van der Waals surface area contributed by atoms with E-state index in [1.54, 1.807) is 20.6 Å². The lowest BCUT2D eigenvalue weighted by Crippen LogP contribution is -2.39. The third kappa shape index (κ3) is 3.09. The van der Waals surface area contributed by atoms with Gasteiger partial charge in [-0.15, -0.1) is 11.3 Å². The second-order valence-corrected chi connectivity index (χ2v) is 6.35. The molecule has 1 aliphatic rings. The first-order chi connectivity index (χ1) is 10.2. The van der Waals surface area contributed by atoms with E-state index in [-0.39, 0.29) is 12.7 Å². The van der Waals surface area contributed by atoms with Crippen molar-refractivity contribution in [1.29, 1.82) is 0 Å². The summed E-state index contributed by atoms with van der Waals surface area (Å²) in [6.45, 7) is 2.91. The molecule has 3 rings (SSSR count). The van der Waals surface area contributed by atoms with Crippen molar-refractivity contribution in [3.8, 4) is 0 Å². The molecule has 1 atom stereocenters. The molecular formula is C13H18N4O2S2. The van der Waals surface area contributed by atoms with Gasteiger partial charge in [0.15, 0.2) is 10.6 Å². The zero-order valence-electron chi connectivity index (χ0n) is 11.8. The Bertz CT molecular complexity index is 650. The number of aliphatic hydroxyl groups is 1. The maximum atomic E-state index is 9.25. The van der Waals surface area contributed by atoms with E-state index in [0.717, 1.165) is 13.1 Å². The maximum Gasteiger partial charge on any atom is 0.198 e. The van der Waals surface area contributed by atoms with Gasteiger partial charge < -0.3 is 14.4 Å². The van der Waals surface area contributed by atoms with Crippen molar-refractivity contribution in [3.05, 3.63) is 33.0 Å². The van der Waals surface area contributed by atoms with Crippen LogP contribution in [0.5, 0.6) is 0 Å². The quantitative estimate of drug-likeness (QED) is 0.864. The van der Waals surface area contributed by atoms with E-state index in [2.05, 4.69) is 21.4 Å². The normalized spacial score (nSPS) is 20.0. The van der Waals surface area contributed by atoms with Crippen molar-refractivity contribution in [1.82, 2.24) is 19.2 Å². The summed E-state index contributed by atoms with van der Waals surface area (Å²) in [7, 11) is 1.82. The molecule has 6 nitrogen and oxygen atoms in total. The summed E-state index contributed by atoms with van der Waals surface area (Å²) < 4.78 is 9.97. The molecule has 0 radical (unpaired) electrons. The summed E-state index contributed by atoms with van der Waals surface area (Å²) in [4.78, 5) is 3.53. The molecule has 2 aromatic heterocycles. The van der Waals surface area contributed by atoms with Crippen molar-refractivity contribution >= 4 is 23.6 Å². The third-order valence-corrected chi connectivity index (χ3v) is 5.07. The molecule has 0 bridgehead atoms. The minimum Gasteiger partial charge on any atom is -0.388 e. The molecule has 0 saturated carbocycles. The van der Waals surface area contributed by atoms with Crippen LogP contribution >= 0.6 is 23.6 Å². The molecule has 0 aliphatic carbocycles. The van der Waals surface area contributed by atoms with Crippen molar-refractivity contribution in [2.75, 3.05) is 19.7 Å². The number of hydrogen-bond donors (Lipinski definition) is 1. The lowest BCUT2D eigenvalue weighted by Gasteiger charge is -2.32. The summed E-state index contributed by atoms with van der Waals surface area (Å²) in [5.41, 5.74) is 0. The van der Waals surface area contributed by atoms with Crippen LogP contribution in [0.15, 0.2) is 17.5 Å². The molecule has 0 aromatic carbocycles. The fourth-order valence-corrected chi connectivity index (χ4v) is 3.40. The van der Waals surface area contributed by atoms with Gasteiger partial charge in [-0.1, -0.05) is 6.07 Å². The summed E-state index contributed by atoms with van der Waals surface area (Å²) >= 11 is 7.07. The number of rotatable bonds is 4. The number of nitrogens with zero attached hydrogens (tertiary/aromatic N) is 4. The molecule has 1 saturated heterocycles. The minimum absolute atomic E-state index is 0.103. The molecule has 1 aliphatic heterocycles. The molecule has 0 amide bonds. The highest BCUT2D eigenvalue weighted by atomic mass is 32.1. The Balaban J connectivity index is 1.72. The molecule has 3 heterocycles. The Kier molecular flexibility index (Phi) is 4.51. The number of aromatic nitrogens is 3. The Labute approximate surface area is 132 Å². The molecule has 1 fully saturated rings. The van der Waals surface area contributed by atoms with Crippen LogP contribution in [0.25, 0.3) is 0 Å². The van der Waals surface area contributed by atoms with Crippen LogP contribution in [0.3, 0.4) is 0 Å². The predicted octanol–water partition coefficient (Wildman–Crippen LogP) is 1.54. The largest absolute Gasteiger partial charge is 0.388 e. The van der Waals surface area contributed by atoms with Crippen LogP contribution in [0.2, 0.25) is 0 Å². The average molecular weight is 326 g/mol. The smallest absolute Gasteiger partial charge is 0.198 e. The van der Waals surface area contributed by atoms with Gasteiger partial charge in [-0.2, -0.15) is 5.10 Å². The zero-order chi connectivity index (χ0) is 14.8. The lowest BCUT2D eigenvalue weighted by molar-refractivity contribution is -0.0402. The Morgan fingerprint density at radius 1 is 1.57 bits per heavy atom. The van der Waals surface area contributed by atoms with Gasteiger partial charge in [-0.3, -0.25) is 4.90 Å². The molecular weight excluding hydrogens is 308 g/mol. The molecule has 114 valence electrons. The Morgan fingerprint density at radius 2 is 2.43 bits per heavy atom. The molecule has 21 heavy (non-hydrogen) atoms. The average Bonchev–Trinajstić information content (AvgIpc) is 3.12. The van der Waals surface area contributed by atoms with Gasteiger partial charge in [-0.05, 0) is 23.7 Å². The second-order valence-electron chi connectivity index (χ2n) is 5.01. The van der Waals surface area contributed by atoms with Crippen molar-refractivity contribution in [2.45, 2.75) is 19.4 Å². The van der Waals surface area contributed by atoms with Crippen LogP contribution in [0, 0.1) is 4.77 Å². The number of hydrogen-bond acceptors (Lipinski definition) is 6. The number of aliphatic hydroxyl groups excluding tert-OH is 1. The van der Waals surface area contributed by atoms with Gasteiger partial charge in [0.1, 0.15) is 12.7 Å². The fraction of sp³-hybridized carbons (Fsp3) is 0.538. The van der Waals surface area contributed by atoms with Gasteiger partial charge in [0.05, 0.1) is 13.3 Å². The van der Waals surface area contributed by atoms with Crippen LogP contribution in [-0.2, 0) is 25.1 Å². The number of thiophene rings is 1. The van der Waals surface area contributed by atoms with E-state index in [4.69, 9.17) is 17.0 Å². The standard InChI is InChI=1S/C13H18N4O2S2/c1-15-12(8-18)14-17(13(15)20)9-16-4-5-19-10(7-16)11-3-2-6-21-11/h2-3,6,10,18H,4-5,7-9H2,1H3. The molecule has 0 spiro atoms. The summed E-state index contributed by atoms with van der Waals surface area (Å²) in [6.07, 6.45) is 0.119. The second kappa shape index (κ2) is 6.37. The topological polar surface area (TPSA) is 55.5 Å². The number of ether oxygens (including phenoxy) is 1. The van der Waals surface area contributed by atoms with Crippen LogP contribution < -0.4 is 0 Å². The summed E-state index contributed by atoms with van der Waals surface area (Å²) in [5.74, 6) is 0.586. The van der Waals surface area contributed by atoms with E-state index >= 15 is 0 Å². The number of morpholine rings is 1. The van der Waals surface area contributed by atoms with Crippen molar-refractivity contribution in [2.24, 2.45) is 7.05 Å². The van der Waals surface area contributed by atoms with Crippen molar-refractivity contribution in [3.63, 3.8) is 0 Å². The fourth-order valence-electron chi connectivity index (χ4n) is 2.43. The SMILES string of the molecule is Cn1c(CO)nn(CN2CCOC(c3cccs3)C2)c1=S. The Hall–Kier alpha value is -1.06. The molecule has 2 aromatic rings. The Morgan fingerprint density at radius 3 is 3.10 bits per heavy atom. The minimum atomic E-state index is -0.103. The van der Waals surface area contributed by atoms with E-state index in [9.17, 15) is 5.11 Å². The monoisotopic (exact) mass is 326 g/mol. The highest BCUT2D eigenvalue weighted by Gasteiger charge is 2.23. The van der Waals surface area contributed by atoms with Gasteiger partial charge in [0, 0.05) is 25.0 Å².